The maximum absolute atomic E-state index is 13.0. The van der Waals surface area contributed by atoms with E-state index in [-0.39, 0.29) is 0 Å². The fraction of sp³-hybridized carbons (Fsp3) is 0. The summed E-state index contributed by atoms with van der Waals surface area (Å²) < 4.78 is 18.4. The molecule has 0 aromatic heterocycles. The second-order valence-corrected chi connectivity index (χ2v) is 3.71. The van der Waals surface area contributed by atoms with Crippen molar-refractivity contribution in [1.29, 1.82) is 0 Å². The Hall–Kier alpha value is -1.74. The van der Waals surface area contributed by atoms with Crippen molar-refractivity contribution in [2.45, 2.75) is 0 Å². The van der Waals surface area contributed by atoms with Gasteiger partial charge in [0.15, 0.2) is 0 Å². The van der Waals surface area contributed by atoms with E-state index in [1.165, 1.54) is 12.1 Å². The summed E-state index contributed by atoms with van der Waals surface area (Å²) in [4.78, 5) is 0. The van der Waals surface area contributed by atoms with Gasteiger partial charge < -0.3 is 10.5 Å². The van der Waals surface area contributed by atoms with E-state index in [2.05, 4.69) is 0 Å². The average Bonchev–Trinajstić information content (AvgIpc) is 2.20. The number of rotatable bonds is 2. The highest BCUT2D eigenvalue weighted by Gasteiger charge is 2.01. The smallest absolute Gasteiger partial charge is 0.132 e. The monoisotopic (exact) mass is 237 g/mol. The van der Waals surface area contributed by atoms with Crippen molar-refractivity contribution in [1.82, 2.24) is 0 Å². The first-order valence-electron chi connectivity index (χ1n) is 4.63. The van der Waals surface area contributed by atoms with E-state index in [4.69, 9.17) is 22.1 Å². The molecule has 2 rings (SSSR count). The first kappa shape index (κ1) is 10.8. The van der Waals surface area contributed by atoms with Crippen LogP contribution in [-0.4, -0.2) is 0 Å². The molecule has 2 aromatic rings. The van der Waals surface area contributed by atoms with Crippen LogP contribution in [0.3, 0.4) is 0 Å². The second kappa shape index (κ2) is 4.41. The van der Waals surface area contributed by atoms with Crippen LogP contribution in [0.2, 0.25) is 5.02 Å². The van der Waals surface area contributed by atoms with E-state index < -0.39 is 5.82 Å². The number of nitrogen functional groups attached to an aromatic ring is 1. The number of hydrogen-bond acceptors (Lipinski definition) is 2. The van der Waals surface area contributed by atoms with Gasteiger partial charge in [-0.3, -0.25) is 0 Å². The Labute approximate surface area is 97.4 Å². The molecule has 0 heterocycles. The number of nitrogens with two attached hydrogens (primary N) is 1. The molecule has 0 spiro atoms. The number of hydrogen-bond donors (Lipinski definition) is 1. The van der Waals surface area contributed by atoms with Gasteiger partial charge >= 0.3 is 0 Å². The van der Waals surface area contributed by atoms with Crippen molar-refractivity contribution >= 4 is 17.3 Å². The number of benzene rings is 2. The lowest BCUT2D eigenvalue weighted by Gasteiger charge is -2.06. The summed E-state index contributed by atoms with van der Waals surface area (Å²) in [7, 11) is 0. The Morgan fingerprint density at radius 3 is 2.31 bits per heavy atom. The predicted octanol–water partition coefficient (Wildman–Crippen LogP) is 3.85. The van der Waals surface area contributed by atoms with Crippen LogP contribution in [0, 0.1) is 5.82 Å². The van der Waals surface area contributed by atoms with Crippen LogP contribution in [0.25, 0.3) is 0 Å². The highest BCUT2D eigenvalue weighted by molar-refractivity contribution is 6.30. The first-order chi connectivity index (χ1) is 7.63. The van der Waals surface area contributed by atoms with Crippen molar-refractivity contribution in [2.75, 3.05) is 5.73 Å². The van der Waals surface area contributed by atoms with Gasteiger partial charge in [-0.15, -0.1) is 0 Å². The summed E-state index contributed by atoms with van der Waals surface area (Å²) >= 11 is 5.73. The van der Waals surface area contributed by atoms with E-state index in [9.17, 15) is 4.39 Å². The molecule has 16 heavy (non-hydrogen) atoms. The number of ether oxygens (including phenoxy) is 1. The fourth-order valence-corrected chi connectivity index (χ4v) is 1.41. The molecule has 0 radical (unpaired) electrons. The van der Waals surface area contributed by atoms with Crippen LogP contribution >= 0.6 is 11.6 Å². The first-order valence-corrected chi connectivity index (χ1v) is 5.01. The van der Waals surface area contributed by atoms with Crippen LogP contribution < -0.4 is 10.5 Å². The summed E-state index contributed by atoms with van der Waals surface area (Å²) in [5.74, 6) is 0.512. The summed E-state index contributed by atoms with van der Waals surface area (Å²) in [6.45, 7) is 0. The Kier molecular flexibility index (Phi) is 2.97. The van der Waals surface area contributed by atoms with Gasteiger partial charge in [-0.1, -0.05) is 11.6 Å². The Morgan fingerprint density at radius 1 is 1.00 bits per heavy atom. The van der Waals surface area contributed by atoms with Gasteiger partial charge in [0, 0.05) is 22.8 Å². The Morgan fingerprint density at radius 2 is 1.69 bits per heavy atom. The molecule has 0 atom stereocenters. The summed E-state index contributed by atoms with van der Waals surface area (Å²) in [6.07, 6.45) is 0. The summed E-state index contributed by atoms with van der Waals surface area (Å²) in [6, 6.07) is 10.8. The maximum Gasteiger partial charge on any atom is 0.132 e. The molecule has 0 aliphatic heterocycles. The SMILES string of the molecule is Nc1cc(F)cc(Oc2ccc(Cl)cc2)c1. The van der Waals surface area contributed by atoms with Gasteiger partial charge in [0.2, 0.25) is 0 Å². The van der Waals surface area contributed by atoms with Crippen molar-refractivity contribution in [3.8, 4) is 11.5 Å². The lowest BCUT2D eigenvalue weighted by molar-refractivity contribution is 0.477. The lowest BCUT2D eigenvalue weighted by atomic mass is 10.3. The minimum Gasteiger partial charge on any atom is -0.457 e. The van der Waals surface area contributed by atoms with Gasteiger partial charge in [0.1, 0.15) is 17.3 Å². The molecule has 0 saturated heterocycles. The van der Waals surface area contributed by atoms with Crippen LogP contribution in [0.5, 0.6) is 11.5 Å². The minimum atomic E-state index is -0.427. The van der Waals surface area contributed by atoms with Crippen molar-refractivity contribution in [3.63, 3.8) is 0 Å². The van der Waals surface area contributed by atoms with Gasteiger partial charge in [0.05, 0.1) is 0 Å². The Bertz CT molecular complexity index is 479. The highest BCUT2D eigenvalue weighted by Crippen LogP contribution is 2.25. The molecule has 2 aromatic carbocycles. The molecule has 0 fully saturated rings. The molecule has 0 saturated carbocycles. The molecule has 4 heteroatoms. The normalized spacial score (nSPS) is 10.1. The molecular weight excluding hydrogens is 229 g/mol. The van der Waals surface area contributed by atoms with Crippen molar-refractivity contribution in [2.24, 2.45) is 0 Å². The largest absolute Gasteiger partial charge is 0.457 e. The van der Waals surface area contributed by atoms with Gasteiger partial charge in [-0.2, -0.15) is 0 Å². The van der Waals surface area contributed by atoms with Crippen LogP contribution in [0.4, 0.5) is 10.1 Å². The zero-order valence-electron chi connectivity index (χ0n) is 8.28. The van der Waals surface area contributed by atoms with E-state index in [0.29, 0.717) is 22.2 Å². The standard InChI is InChI=1S/C12H9ClFNO/c13-8-1-3-11(4-2-8)16-12-6-9(14)5-10(15)7-12/h1-7H,15H2. The summed E-state index contributed by atoms with van der Waals surface area (Å²) in [5.41, 5.74) is 5.82. The third-order valence-electron chi connectivity index (χ3n) is 1.94. The van der Waals surface area contributed by atoms with E-state index in [1.807, 2.05) is 0 Å². The second-order valence-electron chi connectivity index (χ2n) is 3.28. The summed E-state index contributed by atoms with van der Waals surface area (Å²) in [5, 5.41) is 0.617. The lowest BCUT2D eigenvalue weighted by Crippen LogP contribution is -1.90. The van der Waals surface area contributed by atoms with Gasteiger partial charge in [0.25, 0.3) is 0 Å². The topological polar surface area (TPSA) is 35.2 Å². The van der Waals surface area contributed by atoms with Gasteiger partial charge in [-0.25, -0.2) is 4.39 Å². The third-order valence-corrected chi connectivity index (χ3v) is 2.19. The molecule has 0 aliphatic carbocycles. The van der Waals surface area contributed by atoms with Crippen LogP contribution in [0.1, 0.15) is 0 Å². The van der Waals surface area contributed by atoms with E-state index in [1.54, 1.807) is 30.3 Å². The highest BCUT2D eigenvalue weighted by atomic mass is 35.5. The minimum absolute atomic E-state index is 0.323. The molecule has 0 amide bonds. The molecule has 2 nitrogen and oxygen atoms in total. The number of halogens is 2. The molecule has 0 aliphatic rings. The Balaban J connectivity index is 2.23. The van der Waals surface area contributed by atoms with E-state index in [0.717, 1.165) is 0 Å². The average molecular weight is 238 g/mol. The third kappa shape index (κ3) is 2.64. The zero-order chi connectivity index (χ0) is 11.5. The predicted molar refractivity (Wildman–Crippen MR) is 62.3 cm³/mol. The molecule has 0 bridgehead atoms. The fourth-order valence-electron chi connectivity index (χ4n) is 1.28. The quantitative estimate of drug-likeness (QED) is 0.805. The number of anilines is 1. The molecule has 0 unspecified atom stereocenters. The van der Waals surface area contributed by atoms with Crippen molar-refractivity contribution in [3.05, 3.63) is 53.3 Å². The van der Waals surface area contributed by atoms with E-state index >= 15 is 0 Å². The molecule has 2 N–H and O–H groups in total. The van der Waals surface area contributed by atoms with Gasteiger partial charge in [-0.05, 0) is 30.3 Å². The van der Waals surface area contributed by atoms with Crippen LogP contribution in [-0.2, 0) is 0 Å². The molecular formula is C12H9ClFNO. The van der Waals surface area contributed by atoms with Crippen molar-refractivity contribution < 1.29 is 9.13 Å². The molecule has 82 valence electrons. The maximum atomic E-state index is 13.0. The van der Waals surface area contributed by atoms with Crippen LogP contribution in [0.15, 0.2) is 42.5 Å². The zero-order valence-corrected chi connectivity index (χ0v) is 9.04.